The second-order valence-electron chi connectivity index (χ2n) is 10.9. The molecule has 2 amide bonds. The maximum atomic E-state index is 14.2. The lowest BCUT2D eigenvalue weighted by molar-refractivity contribution is -0.237. The number of carbonyl (C=O) groups excluding carboxylic acids is 2. The van der Waals surface area contributed by atoms with Gasteiger partial charge in [-0.1, -0.05) is 12.2 Å². The number of likely N-dealkylation sites (tertiary alicyclic amines) is 2. The summed E-state index contributed by atoms with van der Waals surface area (Å²) in [6, 6.07) is 0.858. The average Bonchev–Trinajstić information content (AvgIpc) is 2.99. The van der Waals surface area contributed by atoms with Crippen LogP contribution in [-0.2, 0) is 14.4 Å². The highest BCUT2D eigenvalue weighted by Crippen LogP contribution is 2.39. The number of rotatable bonds is 7. The summed E-state index contributed by atoms with van der Waals surface area (Å²) in [7, 11) is 2.67. The number of hydrogen-bond donors (Lipinski definition) is 1. The minimum Gasteiger partial charge on any atom is -0.469 e. The van der Waals surface area contributed by atoms with Gasteiger partial charge in [0.25, 0.3) is 0 Å². The zero-order valence-corrected chi connectivity index (χ0v) is 23.5. The third kappa shape index (κ3) is 5.72. The van der Waals surface area contributed by atoms with Crippen molar-refractivity contribution in [2.75, 3.05) is 33.9 Å². The number of nitrogens with zero attached hydrogens (tertiary/aromatic N) is 3. The Hall–Kier alpha value is -3.05. The number of halogens is 3. The van der Waals surface area contributed by atoms with Crippen molar-refractivity contribution in [3.63, 3.8) is 0 Å². The second kappa shape index (κ2) is 12.6. The van der Waals surface area contributed by atoms with Gasteiger partial charge in [0.1, 0.15) is 5.66 Å². The monoisotopic (exact) mass is 564 g/mol. The number of ether oxygens (including phenoxy) is 1. The van der Waals surface area contributed by atoms with Gasteiger partial charge in [-0.2, -0.15) is 5.06 Å². The molecule has 0 bridgehead atoms. The molecule has 2 saturated heterocycles. The molecular formula is C29H39F3N4O4. The molecule has 0 aliphatic carbocycles. The van der Waals surface area contributed by atoms with Crippen molar-refractivity contribution in [2.45, 2.75) is 63.7 Å². The number of esters is 1. The lowest BCUT2D eigenvalue weighted by Gasteiger charge is -2.53. The maximum Gasteiger partial charge on any atom is 0.346 e. The van der Waals surface area contributed by atoms with Gasteiger partial charge >= 0.3 is 12.0 Å². The fraction of sp³-hybridized carbons (Fsp3) is 0.586. The number of dihydropyridines is 1. The molecule has 1 aromatic rings. The minimum atomic E-state index is -1.55. The molecule has 4 atom stereocenters. The number of carbonyl (C=O) groups is 2. The lowest BCUT2D eigenvalue weighted by atomic mass is 9.85. The van der Waals surface area contributed by atoms with Crippen LogP contribution < -0.4 is 5.32 Å². The molecule has 3 aliphatic rings. The van der Waals surface area contributed by atoms with Crippen LogP contribution in [0.3, 0.4) is 0 Å². The van der Waals surface area contributed by atoms with Crippen molar-refractivity contribution < 1.29 is 32.3 Å². The third-order valence-electron chi connectivity index (χ3n) is 8.78. The second-order valence-corrected chi connectivity index (χ2v) is 10.9. The largest absolute Gasteiger partial charge is 0.469 e. The van der Waals surface area contributed by atoms with E-state index >= 15 is 0 Å². The van der Waals surface area contributed by atoms with Crippen molar-refractivity contribution in [3.05, 3.63) is 59.6 Å². The molecule has 0 saturated carbocycles. The number of hydroxylamine groups is 2. The highest BCUT2D eigenvalue weighted by atomic mass is 19.2. The Morgan fingerprint density at radius 1 is 1.05 bits per heavy atom. The number of benzene rings is 1. The van der Waals surface area contributed by atoms with Crippen molar-refractivity contribution in [3.8, 4) is 0 Å². The predicted octanol–water partition coefficient (Wildman–Crippen LogP) is 4.89. The Kier molecular flexibility index (Phi) is 9.45. The highest BCUT2D eigenvalue weighted by Gasteiger charge is 2.52. The Bertz CT molecular complexity index is 1120. The Labute approximate surface area is 233 Å². The first-order valence-electron chi connectivity index (χ1n) is 13.8. The SMILES string of the molecule is COC(=O)C(C)C(C)(N1CCC(C2C=CC=CN2)CC1)N(OC)C(=O)N1CCCCC1c1cc(F)c(F)c(F)c1. The summed E-state index contributed by atoms with van der Waals surface area (Å²) in [5, 5.41) is 4.59. The van der Waals surface area contributed by atoms with Crippen LogP contribution in [0.4, 0.5) is 18.0 Å². The van der Waals surface area contributed by atoms with Crippen LogP contribution in [0.1, 0.15) is 57.6 Å². The van der Waals surface area contributed by atoms with Crippen LogP contribution >= 0.6 is 0 Å². The quantitative estimate of drug-likeness (QED) is 0.289. The molecule has 2 fully saturated rings. The summed E-state index contributed by atoms with van der Waals surface area (Å²) >= 11 is 0. The molecule has 4 rings (SSSR count). The van der Waals surface area contributed by atoms with E-state index in [1.54, 1.807) is 13.8 Å². The molecule has 0 aromatic heterocycles. The smallest absolute Gasteiger partial charge is 0.346 e. The summed E-state index contributed by atoms with van der Waals surface area (Å²) in [5.41, 5.74) is -1.06. The number of piperidine rings is 2. The summed E-state index contributed by atoms with van der Waals surface area (Å²) in [5.74, 6) is -5.08. The van der Waals surface area contributed by atoms with Gasteiger partial charge in [0, 0.05) is 25.7 Å². The molecule has 1 aromatic carbocycles. The summed E-state index contributed by atoms with van der Waals surface area (Å²) in [6.45, 7) is 4.99. The molecule has 220 valence electrons. The fourth-order valence-electron chi connectivity index (χ4n) is 6.29. The Balaban J connectivity index is 1.63. The van der Waals surface area contributed by atoms with E-state index in [9.17, 15) is 22.8 Å². The van der Waals surface area contributed by atoms with Crippen LogP contribution in [0.15, 0.2) is 36.6 Å². The van der Waals surface area contributed by atoms with Crippen molar-refractivity contribution >= 4 is 12.0 Å². The molecule has 1 N–H and O–H groups in total. The van der Waals surface area contributed by atoms with E-state index in [4.69, 9.17) is 9.57 Å². The Morgan fingerprint density at radius 3 is 2.30 bits per heavy atom. The molecule has 0 radical (unpaired) electrons. The maximum absolute atomic E-state index is 14.2. The first kappa shape index (κ1) is 29.9. The molecule has 11 heteroatoms. The number of urea groups is 1. The topological polar surface area (TPSA) is 74.4 Å². The van der Waals surface area contributed by atoms with Gasteiger partial charge < -0.3 is 15.0 Å². The molecule has 4 unspecified atom stereocenters. The minimum absolute atomic E-state index is 0.172. The number of nitrogens with one attached hydrogen (secondary N) is 1. The zero-order chi connectivity index (χ0) is 29.0. The van der Waals surface area contributed by atoms with E-state index in [1.165, 1.54) is 24.2 Å². The van der Waals surface area contributed by atoms with E-state index in [0.717, 1.165) is 31.4 Å². The van der Waals surface area contributed by atoms with E-state index in [1.807, 2.05) is 18.4 Å². The summed E-state index contributed by atoms with van der Waals surface area (Å²) in [4.78, 5) is 36.5. The molecule has 0 spiro atoms. The number of hydrogen-bond acceptors (Lipinski definition) is 6. The first-order valence-corrected chi connectivity index (χ1v) is 13.8. The average molecular weight is 565 g/mol. The van der Waals surface area contributed by atoms with Gasteiger partial charge in [0.05, 0.1) is 26.2 Å². The van der Waals surface area contributed by atoms with Gasteiger partial charge in [-0.15, -0.1) is 0 Å². The zero-order valence-electron chi connectivity index (χ0n) is 23.5. The van der Waals surface area contributed by atoms with Gasteiger partial charge in [-0.3, -0.25) is 14.5 Å². The normalized spacial score (nSPS) is 24.2. The summed E-state index contributed by atoms with van der Waals surface area (Å²) < 4.78 is 47.1. The van der Waals surface area contributed by atoms with Crippen LogP contribution in [0.2, 0.25) is 0 Å². The molecular weight excluding hydrogens is 525 g/mol. The van der Waals surface area contributed by atoms with Gasteiger partial charge in [-0.05, 0) is 81.8 Å². The molecule has 40 heavy (non-hydrogen) atoms. The van der Waals surface area contributed by atoms with Crippen molar-refractivity contribution in [1.82, 2.24) is 20.2 Å². The van der Waals surface area contributed by atoms with Gasteiger partial charge in [0.15, 0.2) is 17.5 Å². The number of allylic oxidation sites excluding steroid dienone is 2. The van der Waals surface area contributed by atoms with E-state index in [-0.39, 0.29) is 11.6 Å². The van der Waals surface area contributed by atoms with Crippen LogP contribution in [0.5, 0.6) is 0 Å². The number of amides is 2. The van der Waals surface area contributed by atoms with Gasteiger partial charge in [-0.25, -0.2) is 18.0 Å². The molecule has 3 heterocycles. The van der Waals surface area contributed by atoms with Crippen molar-refractivity contribution in [2.24, 2.45) is 11.8 Å². The van der Waals surface area contributed by atoms with E-state index in [2.05, 4.69) is 16.3 Å². The van der Waals surface area contributed by atoms with Crippen LogP contribution in [0, 0.1) is 29.3 Å². The van der Waals surface area contributed by atoms with E-state index < -0.39 is 47.1 Å². The third-order valence-corrected chi connectivity index (χ3v) is 8.78. The van der Waals surface area contributed by atoms with E-state index in [0.29, 0.717) is 38.4 Å². The van der Waals surface area contributed by atoms with Gasteiger partial charge in [0.2, 0.25) is 0 Å². The first-order chi connectivity index (χ1) is 19.1. The molecule has 3 aliphatic heterocycles. The fourth-order valence-corrected chi connectivity index (χ4v) is 6.29. The highest BCUT2D eigenvalue weighted by molar-refractivity contribution is 5.78. The van der Waals surface area contributed by atoms with Crippen LogP contribution in [-0.4, -0.2) is 72.4 Å². The summed E-state index contributed by atoms with van der Waals surface area (Å²) in [6.07, 6.45) is 11.5. The van der Waals surface area contributed by atoms with Crippen LogP contribution in [0.25, 0.3) is 0 Å². The predicted molar refractivity (Wildman–Crippen MR) is 143 cm³/mol. The lowest BCUT2D eigenvalue weighted by Crippen LogP contribution is -2.68. The number of methoxy groups -OCH3 is 1. The van der Waals surface area contributed by atoms with Crippen molar-refractivity contribution in [1.29, 1.82) is 0 Å². The standard InChI is InChI=1S/C29H39F3N4O4/c1-19(27(37)39-3)29(2,34-15-11-20(12-16-34)24-9-5-7-13-33-24)36(40-4)28(38)35-14-8-6-10-25(35)21-17-22(30)26(32)23(31)18-21/h5,7,9,13,17-20,24-25,33H,6,8,10-12,14-16H2,1-4H3. The molecule has 8 nitrogen and oxygen atoms in total. The Morgan fingerprint density at radius 2 is 1.73 bits per heavy atom.